The predicted molar refractivity (Wildman–Crippen MR) is 99.2 cm³/mol. The number of ether oxygens (including phenoxy) is 2. The molecule has 1 heterocycles. The predicted octanol–water partition coefficient (Wildman–Crippen LogP) is 3.51. The molecule has 3 rings (SSSR count). The third-order valence-electron chi connectivity index (χ3n) is 3.49. The van der Waals surface area contributed by atoms with Gasteiger partial charge in [0.15, 0.2) is 11.4 Å². The Morgan fingerprint density at radius 2 is 2.04 bits per heavy atom. The highest BCUT2D eigenvalue weighted by Gasteiger charge is 2.09. The highest BCUT2D eigenvalue weighted by molar-refractivity contribution is 7.16. The van der Waals surface area contributed by atoms with E-state index in [9.17, 15) is 4.79 Å². The molecule has 1 aromatic heterocycles. The smallest absolute Gasteiger partial charge is 0.286 e. The zero-order chi connectivity index (χ0) is 17.6. The van der Waals surface area contributed by atoms with Gasteiger partial charge in [-0.3, -0.25) is 4.79 Å². The highest BCUT2D eigenvalue weighted by atomic mass is 35.5. The van der Waals surface area contributed by atoms with E-state index in [1.54, 1.807) is 19.2 Å². The minimum Gasteiger partial charge on any atom is -0.484 e. The van der Waals surface area contributed by atoms with E-state index in [1.165, 1.54) is 11.3 Å². The van der Waals surface area contributed by atoms with Gasteiger partial charge in [0.2, 0.25) is 0 Å². The van der Waals surface area contributed by atoms with Crippen LogP contribution in [0.1, 0.15) is 0 Å². The number of fused-ring (bicyclic) bond motifs is 1. The Labute approximate surface area is 154 Å². The van der Waals surface area contributed by atoms with Gasteiger partial charge in [-0.2, -0.15) is 4.99 Å². The Kier molecular flexibility index (Phi) is 5.86. The number of carbonyl (C=O) groups excluding carboxylic acids is 1. The van der Waals surface area contributed by atoms with Crippen LogP contribution in [0.25, 0.3) is 10.2 Å². The molecule has 7 heteroatoms. The summed E-state index contributed by atoms with van der Waals surface area (Å²) in [6, 6.07) is 14.8. The van der Waals surface area contributed by atoms with Crippen molar-refractivity contribution in [3.63, 3.8) is 0 Å². The number of hydrogen-bond donors (Lipinski definition) is 0. The number of rotatable bonds is 6. The summed E-state index contributed by atoms with van der Waals surface area (Å²) in [7, 11) is 1.64. The standard InChI is InChI=1S/C18H17ClN2O3S/c1-23-10-9-21-15-8-7-13(19)11-16(15)25-18(21)20-17(22)12-24-14-5-3-2-4-6-14/h2-8,11H,9-10,12H2,1H3. The second-order valence-electron chi connectivity index (χ2n) is 5.25. The zero-order valence-corrected chi connectivity index (χ0v) is 15.2. The van der Waals surface area contributed by atoms with Gasteiger partial charge in [0.1, 0.15) is 5.75 Å². The lowest BCUT2D eigenvalue weighted by atomic mass is 10.3. The van der Waals surface area contributed by atoms with E-state index in [-0.39, 0.29) is 12.5 Å². The maximum atomic E-state index is 12.2. The monoisotopic (exact) mass is 376 g/mol. The maximum Gasteiger partial charge on any atom is 0.286 e. The Hall–Kier alpha value is -2.15. The molecule has 25 heavy (non-hydrogen) atoms. The van der Waals surface area contributed by atoms with Crippen molar-refractivity contribution in [1.82, 2.24) is 4.57 Å². The van der Waals surface area contributed by atoms with Crippen molar-refractivity contribution >= 4 is 39.1 Å². The van der Waals surface area contributed by atoms with E-state index >= 15 is 0 Å². The third kappa shape index (κ3) is 4.48. The van der Waals surface area contributed by atoms with Gasteiger partial charge in [0, 0.05) is 18.7 Å². The van der Waals surface area contributed by atoms with Crippen LogP contribution in [-0.4, -0.2) is 30.8 Å². The van der Waals surface area contributed by atoms with Gasteiger partial charge in [-0.15, -0.1) is 0 Å². The molecule has 0 atom stereocenters. The Morgan fingerprint density at radius 1 is 1.24 bits per heavy atom. The van der Waals surface area contributed by atoms with Crippen LogP contribution < -0.4 is 9.54 Å². The lowest BCUT2D eigenvalue weighted by Crippen LogP contribution is -2.21. The first-order valence-electron chi connectivity index (χ1n) is 7.70. The van der Waals surface area contributed by atoms with Crippen LogP contribution in [0.4, 0.5) is 0 Å². The van der Waals surface area contributed by atoms with Crippen LogP contribution in [0, 0.1) is 0 Å². The summed E-state index contributed by atoms with van der Waals surface area (Å²) in [6.07, 6.45) is 0. The molecule has 0 radical (unpaired) electrons. The lowest BCUT2D eigenvalue weighted by molar-refractivity contribution is -0.120. The lowest BCUT2D eigenvalue weighted by Gasteiger charge is -2.05. The fraction of sp³-hybridized carbons (Fsp3) is 0.222. The van der Waals surface area contributed by atoms with E-state index in [2.05, 4.69) is 4.99 Å². The van der Waals surface area contributed by atoms with Crippen molar-refractivity contribution in [3.05, 3.63) is 58.4 Å². The van der Waals surface area contributed by atoms with Crippen molar-refractivity contribution in [3.8, 4) is 5.75 Å². The zero-order valence-electron chi connectivity index (χ0n) is 13.6. The minimum atomic E-state index is -0.340. The molecule has 0 aliphatic rings. The van der Waals surface area contributed by atoms with Crippen LogP contribution in [0.2, 0.25) is 5.02 Å². The third-order valence-corrected chi connectivity index (χ3v) is 4.77. The molecule has 0 aliphatic heterocycles. The number of nitrogens with zero attached hydrogens (tertiary/aromatic N) is 2. The Morgan fingerprint density at radius 3 is 2.80 bits per heavy atom. The summed E-state index contributed by atoms with van der Waals surface area (Å²) >= 11 is 7.48. The highest BCUT2D eigenvalue weighted by Crippen LogP contribution is 2.21. The molecule has 130 valence electrons. The fourth-order valence-electron chi connectivity index (χ4n) is 2.33. The number of methoxy groups -OCH3 is 1. The van der Waals surface area contributed by atoms with Gasteiger partial charge in [0.05, 0.1) is 16.8 Å². The first kappa shape index (κ1) is 17.7. The first-order chi connectivity index (χ1) is 12.2. The van der Waals surface area contributed by atoms with Gasteiger partial charge in [0.25, 0.3) is 5.91 Å². The first-order valence-corrected chi connectivity index (χ1v) is 8.90. The molecule has 0 N–H and O–H groups in total. The van der Waals surface area contributed by atoms with Crippen molar-refractivity contribution in [2.75, 3.05) is 20.3 Å². The summed E-state index contributed by atoms with van der Waals surface area (Å²) in [4.78, 5) is 17.0. The maximum absolute atomic E-state index is 12.2. The topological polar surface area (TPSA) is 52.8 Å². The van der Waals surface area contributed by atoms with E-state index in [0.717, 1.165) is 10.2 Å². The number of thiazole rings is 1. The molecular weight excluding hydrogens is 360 g/mol. The normalized spacial score (nSPS) is 11.8. The van der Waals surface area contributed by atoms with Crippen molar-refractivity contribution in [2.45, 2.75) is 6.54 Å². The summed E-state index contributed by atoms with van der Waals surface area (Å²) in [5.41, 5.74) is 0.974. The molecule has 0 fully saturated rings. The molecule has 2 aromatic carbocycles. The number of halogens is 1. The van der Waals surface area contributed by atoms with E-state index in [1.807, 2.05) is 41.0 Å². The Balaban J connectivity index is 1.87. The molecule has 0 unspecified atom stereocenters. The molecule has 1 amide bonds. The number of amides is 1. The molecule has 0 aliphatic carbocycles. The summed E-state index contributed by atoms with van der Waals surface area (Å²) in [5, 5.41) is 0.651. The average molecular weight is 377 g/mol. The van der Waals surface area contributed by atoms with E-state index < -0.39 is 0 Å². The molecule has 0 saturated heterocycles. The Bertz CT molecular complexity index is 934. The van der Waals surface area contributed by atoms with Gasteiger partial charge in [-0.05, 0) is 30.3 Å². The molecule has 0 saturated carbocycles. The number of aromatic nitrogens is 1. The molecule has 0 bridgehead atoms. The molecule has 5 nitrogen and oxygen atoms in total. The van der Waals surface area contributed by atoms with Crippen LogP contribution in [0.5, 0.6) is 5.75 Å². The number of carbonyl (C=O) groups is 1. The van der Waals surface area contributed by atoms with Crippen LogP contribution in [0.15, 0.2) is 53.5 Å². The molecule has 0 spiro atoms. The number of hydrogen-bond acceptors (Lipinski definition) is 4. The summed E-state index contributed by atoms with van der Waals surface area (Å²) < 4.78 is 13.6. The minimum absolute atomic E-state index is 0.108. The fourth-order valence-corrected chi connectivity index (χ4v) is 3.68. The summed E-state index contributed by atoms with van der Waals surface area (Å²) in [6.45, 7) is 1.02. The van der Waals surface area contributed by atoms with Gasteiger partial charge < -0.3 is 14.0 Å². The van der Waals surface area contributed by atoms with Crippen LogP contribution in [0.3, 0.4) is 0 Å². The second kappa shape index (κ2) is 8.29. The number of para-hydroxylation sites is 1. The SMILES string of the molecule is COCCn1c(=NC(=O)COc2ccccc2)sc2cc(Cl)ccc21. The van der Waals surface area contributed by atoms with Crippen molar-refractivity contribution in [2.24, 2.45) is 4.99 Å². The van der Waals surface area contributed by atoms with Crippen molar-refractivity contribution in [1.29, 1.82) is 0 Å². The van der Waals surface area contributed by atoms with Gasteiger partial charge in [-0.1, -0.05) is 41.1 Å². The van der Waals surface area contributed by atoms with E-state index in [4.69, 9.17) is 21.1 Å². The molecular formula is C18H17ClN2O3S. The van der Waals surface area contributed by atoms with Crippen LogP contribution in [-0.2, 0) is 16.1 Å². The second-order valence-corrected chi connectivity index (χ2v) is 6.69. The largest absolute Gasteiger partial charge is 0.484 e. The summed E-state index contributed by atoms with van der Waals surface area (Å²) in [5.74, 6) is 0.300. The van der Waals surface area contributed by atoms with E-state index in [0.29, 0.717) is 28.7 Å². The van der Waals surface area contributed by atoms with Crippen molar-refractivity contribution < 1.29 is 14.3 Å². The average Bonchev–Trinajstić information content (AvgIpc) is 2.95. The molecule has 3 aromatic rings. The number of benzene rings is 2. The van der Waals surface area contributed by atoms with Crippen LogP contribution >= 0.6 is 22.9 Å². The van der Waals surface area contributed by atoms with Gasteiger partial charge in [-0.25, -0.2) is 0 Å². The quantitative estimate of drug-likeness (QED) is 0.661. The van der Waals surface area contributed by atoms with Gasteiger partial charge >= 0.3 is 0 Å².